The maximum Gasteiger partial charge on any atom is 0.305 e. The van der Waals surface area contributed by atoms with E-state index in [9.17, 15) is 19.5 Å². The average Bonchev–Trinajstić information content (AvgIpc) is 2.95. The fraction of sp³-hybridized carbons (Fsp3) is 0.303. The van der Waals surface area contributed by atoms with Crippen molar-refractivity contribution in [3.63, 3.8) is 0 Å². The number of aliphatic carboxylic acids is 1. The molecule has 1 N–H and O–H groups in total. The summed E-state index contributed by atoms with van der Waals surface area (Å²) in [5.41, 5.74) is 5.16. The molecule has 2 aliphatic carbocycles. The summed E-state index contributed by atoms with van der Waals surface area (Å²) < 4.78 is 6.15. The van der Waals surface area contributed by atoms with Gasteiger partial charge < -0.3 is 14.7 Å². The molecule has 39 heavy (non-hydrogen) atoms. The first-order valence-corrected chi connectivity index (χ1v) is 13.7. The van der Waals surface area contributed by atoms with Gasteiger partial charge in [-0.3, -0.25) is 14.4 Å². The van der Waals surface area contributed by atoms with Gasteiger partial charge in [0.05, 0.1) is 6.42 Å². The van der Waals surface area contributed by atoms with Gasteiger partial charge in [0.2, 0.25) is 0 Å². The summed E-state index contributed by atoms with van der Waals surface area (Å²) in [7, 11) is 0. The Hall–Kier alpha value is -4.19. The molecule has 1 heterocycles. The van der Waals surface area contributed by atoms with Crippen molar-refractivity contribution in [2.45, 2.75) is 57.5 Å². The quantitative estimate of drug-likeness (QED) is 0.392. The third kappa shape index (κ3) is 4.76. The van der Waals surface area contributed by atoms with Gasteiger partial charge in [0, 0.05) is 47.8 Å². The molecule has 0 spiro atoms. The van der Waals surface area contributed by atoms with Gasteiger partial charge in [-0.2, -0.15) is 0 Å². The van der Waals surface area contributed by atoms with Crippen LogP contribution in [0.5, 0.6) is 5.75 Å². The molecule has 0 fully saturated rings. The lowest BCUT2D eigenvalue weighted by Crippen LogP contribution is -2.39. The zero-order chi connectivity index (χ0) is 26.9. The fourth-order valence-electron chi connectivity index (χ4n) is 6.36. The number of fused-ring (bicyclic) bond motifs is 1. The fourth-order valence-corrected chi connectivity index (χ4v) is 6.36. The molecule has 6 nitrogen and oxygen atoms in total. The highest BCUT2D eigenvalue weighted by molar-refractivity contribution is 6.06. The highest BCUT2D eigenvalue weighted by atomic mass is 16.5. The van der Waals surface area contributed by atoms with E-state index in [1.54, 1.807) is 0 Å². The molecule has 6 rings (SSSR count). The molecule has 6 heteroatoms. The van der Waals surface area contributed by atoms with Gasteiger partial charge in [-0.05, 0) is 59.7 Å². The molecule has 3 aliphatic rings. The third-order valence-corrected chi connectivity index (χ3v) is 8.12. The SMILES string of the molecule is O=C(O)CCN1C2=C(C(=O)CCC2)C(c2ccc(OCc3cccc4ccccc34)cc2)C2=C1CCCC2=O. The van der Waals surface area contributed by atoms with E-state index in [1.807, 2.05) is 47.4 Å². The molecule has 0 aromatic heterocycles. The standard InChI is InChI=1S/C33H31NO5/c35-28-12-4-10-26-32(28)31(33-27(11-5-13-29(33)36)34(26)19-18-30(37)38)22-14-16-24(17-15-22)39-20-23-8-3-7-21-6-1-2-9-25(21)23/h1-3,6-9,14-17,31H,4-5,10-13,18-20H2,(H,37,38). The van der Waals surface area contributed by atoms with E-state index >= 15 is 0 Å². The van der Waals surface area contributed by atoms with E-state index in [4.69, 9.17) is 4.74 Å². The molecule has 0 atom stereocenters. The third-order valence-electron chi connectivity index (χ3n) is 8.12. The van der Waals surface area contributed by atoms with Crippen LogP contribution in [0.1, 0.15) is 62.0 Å². The Balaban J connectivity index is 1.33. The second-order valence-corrected chi connectivity index (χ2v) is 10.5. The summed E-state index contributed by atoms with van der Waals surface area (Å²) in [4.78, 5) is 40.1. The van der Waals surface area contributed by atoms with Gasteiger partial charge in [-0.1, -0.05) is 54.6 Å². The van der Waals surface area contributed by atoms with Gasteiger partial charge in [-0.25, -0.2) is 0 Å². The van der Waals surface area contributed by atoms with Crippen LogP contribution < -0.4 is 4.74 Å². The second kappa shape index (κ2) is 10.5. The van der Waals surface area contributed by atoms with E-state index < -0.39 is 11.9 Å². The van der Waals surface area contributed by atoms with E-state index in [-0.39, 0.29) is 24.5 Å². The summed E-state index contributed by atoms with van der Waals surface area (Å²) in [6, 6.07) is 22.2. The minimum Gasteiger partial charge on any atom is -0.489 e. The number of allylic oxidation sites excluding steroid dienone is 4. The summed E-state index contributed by atoms with van der Waals surface area (Å²) >= 11 is 0. The van der Waals surface area contributed by atoms with Crippen molar-refractivity contribution < 1.29 is 24.2 Å². The number of Topliss-reactive ketones (excluding diaryl/α,β-unsaturated/α-hetero) is 2. The van der Waals surface area contributed by atoms with Crippen molar-refractivity contribution in [1.29, 1.82) is 0 Å². The lowest BCUT2D eigenvalue weighted by Gasteiger charge is -2.44. The summed E-state index contributed by atoms with van der Waals surface area (Å²) in [5.74, 6) is -0.460. The molecule has 0 unspecified atom stereocenters. The Morgan fingerprint density at radius 1 is 0.821 bits per heavy atom. The summed E-state index contributed by atoms with van der Waals surface area (Å²) in [6.07, 6.45) is 3.78. The lowest BCUT2D eigenvalue weighted by atomic mass is 9.71. The minimum atomic E-state index is -0.884. The predicted molar refractivity (Wildman–Crippen MR) is 148 cm³/mol. The number of hydrogen-bond acceptors (Lipinski definition) is 5. The topological polar surface area (TPSA) is 83.9 Å². The monoisotopic (exact) mass is 521 g/mol. The summed E-state index contributed by atoms with van der Waals surface area (Å²) in [5, 5.41) is 11.7. The van der Waals surface area contributed by atoms with Crippen LogP contribution in [0.2, 0.25) is 0 Å². The van der Waals surface area contributed by atoms with Crippen molar-refractivity contribution in [2.75, 3.05) is 6.54 Å². The van der Waals surface area contributed by atoms with Crippen LogP contribution >= 0.6 is 0 Å². The number of benzene rings is 3. The second-order valence-electron chi connectivity index (χ2n) is 10.5. The summed E-state index contributed by atoms with van der Waals surface area (Å²) in [6.45, 7) is 0.714. The van der Waals surface area contributed by atoms with E-state index in [0.29, 0.717) is 43.4 Å². The van der Waals surface area contributed by atoms with E-state index in [1.165, 1.54) is 5.39 Å². The molecule has 0 bridgehead atoms. The Labute approximate surface area is 227 Å². The van der Waals surface area contributed by atoms with Crippen molar-refractivity contribution in [2.24, 2.45) is 0 Å². The molecular formula is C33H31NO5. The lowest BCUT2D eigenvalue weighted by molar-refractivity contribution is -0.137. The van der Waals surface area contributed by atoms with Crippen molar-refractivity contribution in [3.8, 4) is 5.75 Å². The molecule has 1 aliphatic heterocycles. The van der Waals surface area contributed by atoms with Crippen LogP contribution in [-0.2, 0) is 21.0 Å². The van der Waals surface area contributed by atoms with Crippen molar-refractivity contribution in [3.05, 3.63) is 100 Å². The maximum atomic E-state index is 13.4. The number of ketones is 2. The van der Waals surface area contributed by atoms with Crippen LogP contribution in [0.3, 0.4) is 0 Å². The number of carboxylic acids is 1. The minimum absolute atomic E-state index is 0.0383. The van der Waals surface area contributed by atoms with E-state index in [2.05, 4.69) is 24.3 Å². The first-order chi connectivity index (χ1) is 19.0. The first-order valence-electron chi connectivity index (χ1n) is 13.7. The number of hydrogen-bond donors (Lipinski definition) is 1. The smallest absolute Gasteiger partial charge is 0.305 e. The number of carboxylic acid groups (broad SMARTS) is 1. The Morgan fingerprint density at radius 2 is 1.46 bits per heavy atom. The Kier molecular flexibility index (Phi) is 6.77. The van der Waals surface area contributed by atoms with Crippen molar-refractivity contribution in [1.82, 2.24) is 4.90 Å². The molecule has 0 saturated carbocycles. The number of rotatable bonds is 7. The zero-order valence-corrected chi connectivity index (χ0v) is 21.8. The molecule has 0 radical (unpaired) electrons. The van der Waals surface area contributed by atoms with Crippen LogP contribution in [-0.4, -0.2) is 34.1 Å². The molecule has 0 amide bonds. The number of carbonyl (C=O) groups is 3. The zero-order valence-electron chi connectivity index (χ0n) is 21.8. The maximum absolute atomic E-state index is 13.4. The Bertz CT molecular complexity index is 1480. The molecule has 0 saturated heterocycles. The first kappa shape index (κ1) is 25.1. The molecule has 198 valence electrons. The molecule has 3 aromatic rings. The van der Waals surface area contributed by atoms with Gasteiger partial charge in [0.1, 0.15) is 12.4 Å². The molecular weight excluding hydrogens is 490 g/mol. The molecule has 3 aromatic carbocycles. The van der Waals surface area contributed by atoms with Gasteiger partial charge in [0.15, 0.2) is 11.6 Å². The largest absolute Gasteiger partial charge is 0.489 e. The Morgan fingerprint density at radius 3 is 2.13 bits per heavy atom. The predicted octanol–water partition coefficient (Wildman–Crippen LogP) is 6.31. The van der Waals surface area contributed by atoms with Crippen molar-refractivity contribution >= 4 is 28.3 Å². The normalized spacial score (nSPS) is 17.9. The highest BCUT2D eigenvalue weighted by Crippen LogP contribution is 2.49. The highest BCUT2D eigenvalue weighted by Gasteiger charge is 2.43. The number of carbonyl (C=O) groups excluding carboxylic acids is 2. The van der Waals surface area contributed by atoms with Gasteiger partial charge in [-0.15, -0.1) is 0 Å². The van der Waals surface area contributed by atoms with Gasteiger partial charge >= 0.3 is 5.97 Å². The van der Waals surface area contributed by atoms with Crippen LogP contribution in [0.25, 0.3) is 10.8 Å². The van der Waals surface area contributed by atoms with E-state index in [0.717, 1.165) is 46.5 Å². The van der Waals surface area contributed by atoms with Crippen LogP contribution in [0.4, 0.5) is 0 Å². The van der Waals surface area contributed by atoms with Crippen LogP contribution in [0.15, 0.2) is 89.3 Å². The van der Waals surface area contributed by atoms with Gasteiger partial charge in [0.25, 0.3) is 0 Å². The average molecular weight is 522 g/mol. The van der Waals surface area contributed by atoms with Crippen LogP contribution in [0, 0.1) is 0 Å². The number of ether oxygens (including phenoxy) is 1. The number of nitrogens with zero attached hydrogens (tertiary/aromatic N) is 1.